The number of carbonyl (C=O) groups excluding carboxylic acids is 2. The molecule has 1 aliphatic heterocycles. The van der Waals surface area contributed by atoms with Crippen LogP contribution in [0.1, 0.15) is 50.8 Å². The molecule has 1 aromatic rings. The Kier molecular flexibility index (Phi) is 6.23. The topological polar surface area (TPSA) is 58.6 Å². The number of rotatable bonds is 4. The maximum atomic E-state index is 12.3. The van der Waals surface area contributed by atoms with Crippen LogP contribution in [0.15, 0.2) is 18.2 Å². The third-order valence-corrected chi connectivity index (χ3v) is 4.54. The molecular weight excluding hydrogens is 304 g/mol. The summed E-state index contributed by atoms with van der Waals surface area (Å²) in [6, 6.07) is 5.59. The van der Waals surface area contributed by atoms with E-state index in [1.54, 1.807) is 4.90 Å². The Morgan fingerprint density at radius 2 is 2.00 bits per heavy atom. The molecule has 1 saturated heterocycles. The smallest absolute Gasteiger partial charge is 0.311 e. The minimum Gasteiger partial charge on any atom is -0.494 e. The predicted molar refractivity (Wildman–Crippen MR) is 93.9 cm³/mol. The predicted octanol–water partition coefficient (Wildman–Crippen LogP) is 2.83. The van der Waals surface area contributed by atoms with Gasteiger partial charge in [0.1, 0.15) is 5.75 Å². The van der Waals surface area contributed by atoms with Crippen molar-refractivity contribution in [1.29, 1.82) is 0 Å². The number of hydrogen-bond acceptors (Lipinski definition) is 3. The van der Waals surface area contributed by atoms with E-state index in [1.165, 1.54) is 0 Å². The Bertz CT molecular complexity index is 592. The van der Waals surface area contributed by atoms with Crippen LogP contribution in [0, 0.1) is 12.8 Å². The van der Waals surface area contributed by atoms with Gasteiger partial charge in [0.15, 0.2) is 0 Å². The van der Waals surface area contributed by atoms with E-state index < -0.39 is 11.8 Å². The van der Waals surface area contributed by atoms with Gasteiger partial charge in [-0.2, -0.15) is 0 Å². The lowest BCUT2D eigenvalue weighted by Crippen LogP contribution is -2.46. The van der Waals surface area contributed by atoms with Gasteiger partial charge in [0, 0.05) is 18.7 Å². The van der Waals surface area contributed by atoms with Crippen LogP contribution in [0.25, 0.3) is 0 Å². The molecule has 0 radical (unpaired) electrons. The zero-order chi connectivity index (χ0) is 17.7. The van der Waals surface area contributed by atoms with Crippen LogP contribution in [-0.2, 0) is 9.59 Å². The van der Waals surface area contributed by atoms with Crippen LogP contribution in [-0.4, -0.2) is 36.4 Å². The second kappa shape index (κ2) is 8.18. The van der Waals surface area contributed by atoms with Crippen molar-refractivity contribution in [1.82, 2.24) is 10.2 Å². The van der Waals surface area contributed by atoms with Crippen molar-refractivity contribution in [3.63, 3.8) is 0 Å². The number of carbonyl (C=O) groups is 2. The van der Waals surface area contributed by atoms with Gasteiger partial charge in [0.25, 0.3) is 0 Å². The van der Waals surface area contributed by atoms with Gasteiger partial charge in [-0.25, -0.2) is 0 Å². The van der Waals surface area contributed by atoms with E-state index in [2.05, 4.69) is 12.2 Å². The molecule has 1 atom stereocenters. The van der Waals surface area contributed by atoms with E-state index in [0.717, 1.165) is 29.7 Å². The van der Waals surface area contributed by atoms with E-state index in [9.17, 15) is 9.59 Å². The van der Waals surface area contributed by atoms with E-state index in [-0.39, 0.29) is 6.04 Å². The van der Waals surface area contributed by atoms with Crippen LogP contribution in [0.4, 0.5) is 0 Å². The molecule has 2 amide bonds. The molecule has 1 aliphatic rings. The number of ether oxygens (including phenoxy) is 1. The minimum absolute atomic E-state index is 0.286. The first-order chi connectivity index (χ1) is 11.4. The molecule has 1 heterocycles. The highest BCUT2D eigenvalue weighted by molar-refractivity contribution is 6.35. The van der Waals surface area contributed by atoms with Gasteiger partial charge in [-0.1, -0.05) is 24.6 Å². The fourth-order valence-corrected chi connectivity index (χ4v) is 2.98. The van der Waals surface area contributed by atoms with Crippen LogP contribution in [0.2, 0.25) is 0 Å². The molecule has 1 fully saturated rings. The Hall–Kier alpha value is -2.04. The molecule has 1 unspecified atom stereocenters. The lowest BCUT2D eigenvalue weighted by atomic mass is 9.99. The van der Waals surface area contributed by atoms with Gasteiger partial charge in [-0.15, -0.1) is 0 Å². The second-order valence-corrected chi connectivity index (χ2v) is 6.64. The largest absolute Gasteiger partial charge is 0.494 e. The molecule has 0 aromatic heterocycles. The lowest BCUT2D eigenvalue weighted by Gasteiger charge is -2.30. The number of hydrogen-bond donors (Lipinski definition) is 1. The van der Waals surface area contributed by atoms with Crippen molar-refractivity contribution < 1.29 is 14.3 Å². The fraction of sp³-hybridized carbons (Fsp3) is 0.579. The third kappa shape index (κ3) is 4.49. The molecule has 5 heteroatoms. The normalized spacial score (nSPS) is 16.6. The zero-order valence-corrected chi connectivity index (χ0v) is 15.1. The first-order valence-electron chi connectivity index (χ1n) is 8.75. The Balaban J connectivity index is 2.03. The molecule has 132 valence electrons. The van der Waals surface area contributed by atoms with Gasteiger partial charge in [-0.3, -0.25) is 9.59 Å². The van der Waals surface area contributed by atoms with Crippen molar-refractivity contribution >= 4 is 11.8 Å². The highest BCUT2D eigenvalue weighted by Gasteiger charge is 2.27. The summed E-state index contributed by atoms with van der Waals surface area (Å²) in [6.45, 7) is 9.85. The summed E-state index contributed by atoms with van der Waals surface area (Å²) in [7, 11) is 0. The van der Waals surface area contributed by atoms with Crippen LogP contribution in [0.3, 0.4) is 0 Å². The summed E-state index contributed by atoms with van der Waals surface area (Å²) < 4.78 is 5.64. The molecule has 1 N–H and O–H groups in total. The Morgan fingerprint density at radius 3 is 2.62 bits per heavy atom. The number of aryl methyl sites for hydroxylation is 1. The molecule has 0 bridgehead atoms. The Morgan fingerprint density at radius 1 is 1.33 bits per heavy atom. The summed E-state index contributed by atoms with van der Waals surface area (Å²) in [4.78, 5) is 26.3. The average molecular weight is 332 g/mol. The first-order valence-corrected chi connectivity index (χ1v) is 8.75. The summed E-state index contributed by atoms with van der Waals surface area (Å²) >= 11 is 0. The lowest BCUT2D eigenvalue weighted by molar-refractivity contribution is -0.147. The molecule has 0 spiro atoms. The quantitative estimate of drug-likeness (QED) is 0.863. The maximum Gasteiger partial charge on any atom is 0.311 e. The molecular formula is C19H28N2O3. The molecule has 1 aromatic carbocycles. The first kappa shape index (κ1) is 18.3. The van der Waals surface area contributed by atoms with Crippen LogP contribution in [0.5, 0.6) is 5.75 Å². The summed E-state index contributed by atoms with van der Waals surface area (Å²) in [5.41, 5.74) is 1.98. The number of nitrogens with one attached hydrogen (secondary N) is 1. The van der Waals surface area contributed by atoms with Crippen molar-refractivity contribution in [2.75, 3.05) is 19.7 Å². The standard InChI is InChI=1S/C19H28N2O3/c1-5-24-17-7-6-14(3)12-16(17)15(4)20-18(22)19(23)21-10-8-13(2)9-11-21/h6-7,12-13,15H,5,8-11H2,1-4H3,(H,20,22). The Labute approximate surface area is 144 Å². The molecule has 24 heavy (non-hydrogen) atoms. The van der Waals surface area contributed by atoms with Gasteiger partial charge >= 0.3 is 11.8 Å². The van der Waals surface area contributed by atoms with E-state index in [0.29, 0.717) is 25.6 Å². The highest BCUT2D eigenvalue weighted by atomic mass is 16.5. The van der Waals surface area contributed by atoms with Gasteiger partial charge < -0.3 is 15.0 Å². The van der Waals surface area contributed by atoms with Crippen molar-refractivity contribution in [2.45, 2.75) is 46.6 Å². The fourth-order valence-electron chi connectivity index (χ4n) is 2.98. The van der Waals surface area contributed by atoms with Gasteiger partial charge in [0.2, 0.25) is 0 Å². The molecule has 0 saturated carbocycles. The summed E-state index contributed by atoms with van der Waals surface area (Å²) in [5, 5.41) is 2.82. The third-order valence-electron chi connectivity index (χ3n) is 4.54. The van der Waals surface area contributed by atoms with Crippen LogP contribution < -0.4 is 10.1 Å². The number of nitrogens with zero attached hydrogens (tertiary/aromatic N) is 1. The number of piperidine rings is 1. The van der Waals surface area contributed by atoms with Gasteiger partial charge in [0.05, 0.1) is 12.6 Å². The van der Waals surface area contributed by atoms with E-state index in [4.69, 9.17) is 4.74 Å². The highest BCUT2D eigenvalue weighted by Crippen LogP contribution is 2.26. The van der Waals surface area contributed by atoms with Gasteiger partial charge in [-0.05, 0) is 45.6 Å². The van der Waals surface area contributed by atoms with E-state index >= 15 is 0 Å². The summed E-state index contributed by atoms with van der Waals surface area (Å²) in [6.07, 6.45) is 1.92. The average Bonchev–Trinajstić information content (AvgIpc) is 2.56. The zero-order valence-electron chi connectivity index (χ0n) is 15.1. The monoisotopic (exact) mass is 332 g/mol. The van der Waals surface area contributed by atoms with Crippen LogP contribution >= 0.6 is 0 Å². The number of amides is 2. The maximum absolute atomic E-state index is 12.3. The molecule has 0 aliphatic carbocycles. The SMILES string of the molecule is CCOc1ccc(C)cc1C(C)NC(=O)C(=O)N1CCC(C)CC1. The van der Waals surface area contributed by atoms with E-state index in [1.807, 2.05) is 39.0 Å². The number of likely N-dealkylation sites (tertiary alicyclic amines) is 1. The number of benzene rings is 1. The second-order valence-electron chi connectivity index (χ2n) is 6.64. The minimum atomic E-state index is -0.541. The summed E-state index contributed by atoms with van der Waals surface area (Å²) in [5.74, 6) is 0.396. The molecule has 5 nitrogen and oxygen atoms in total. The van der Waals surface area contributed by atoms with Crippen molar-refractivity contribution in [2.24, 2.45) is 5.92 Å². The van der Waals surface area contributed by atoms with Crippen molar-refractivity contribution in [3.8, 4) is 5.75 Å². The molecule has 2 rings (SSSR count). The van der Waals surface area contributed by atoms with Crippen molar-refractivity contribution in [3.05, 3.63) is 29.3 Å².